The maximum Gasteiger partial charge on any atom is 0.212 e. The lowest BCUT2D eigenvalue weighted by molar-refractivity contribution is -0.736. The maximum absolute atomic E-state index is 3.09. The van der Waals surface area contributed by atoms with Crippen LogP contribution in [0.5, 0.6) is 0 Å². The molecule has 0 fully saturated rings. The van der Waals surface area contributed by atoms with Crippen molar-refractivity contribution >= 4 is 0 Å². The van der Waals surface area contributed by atoms with E-state index in [1.54, 1.807) is 0 Å². The van der Waals surface area contributed by atoms with E-state index in [2.05, 4.69) is 31.9 Å². The Morgan fingerprint density at radius 1 is 1.40 bits per heavy atom. The molecule has 0 bridgehead atoms. The molecule has 0 amide bonds. The summed E-state index contributed by atoms with van der Waals surface area (Å²) in [6, 6.07) is 2.11. The van der Waals surface area contributed by atoms with Crippen molar-refractivity contribution in [2.75, 3.05) is 0 Å². The number of H-pyrrole nitrogens is 1. The number of nitrogens with one attached hydrogen (secondary N) is 1. The number of hydrogen-bond acceptors (Lipinski definition) is 0. The van der Waals surface area contributed by atoms with Gasteiger partial charge in [-0.2, -0.15) is 5.10 Å². The van der Waals surface area contributed by atoms with E-state index in [9.17, 15) is 0 Å². The highest BCUT2D eigenvalue weighted by molar-refractivity contribution is 5.04. The fourth-order valence-corrected chi connectivity index (χ4v) is 1.16. The summed E-state index contributed by atoms with van der Waals surface area (Å²) < 4.78 is 2.04. The van der Waals surface area contributed by atoms with Gasteiger partial charge in [-0.05, 0) is 0 Å². The number of hydrogen-bond donors (Lipinski definition) is 1. The van der Waals surface area contributed by atoms with Gasteiger partial charge in [-0.1, -0.05) is 20.8 Å². The van der Waals surface area contributed by atoms with Crippen LogP contribution in [0.15, 0.2) is 12.3 Å². The molecule has 0 aliphatic rings. The molecule has 1 heterocycles. The first-order valence-electron chi connectivity index (χ1n) is 3.56. The van der Waals surface area contributed by atoms with Gasteiger partial charge < -0.3 is 0 Å². The van der Waals surface area contributed by atoms with Crippen LogP contribution >= 0.6 is 0 Å². The Bertz CT molecular complexity index is 217. The van der Waals surface area contributed by atoms with E-state index in [0.717, 1.165) is 0 Å². The molecule has 56 valence electrons. The minimum Gasteiger partial charge on any atom is -0.173 e. The molecule has 0 atom stereocenters. The molecule has 2 nitrogen and oxygen atoms in total. The van der Waals surface area contributed by atoms with Gasteiger partial charge in [0, 0.05) is 11.5 Å². The van der Waals surface area contributed by atoms with Crippen LogP contribution in [0.1, 0.15) is 26.5 Å². The molecular weight excluding hydrogens is 124 g/mol. The van der Waals surface area contributed by atoms with E-state index < -0.39 is 0 Å². The summed E-state index contributed by atoms with van der Waals surface area (Å²) in [6.45, 7) is 6.61. The molecule has 1 aromatic rings. The smallest absolute Gasteiger partial charge is 0.173 e. The fraction of sp³-hybridized carbons (Fsp3) is 0.625. The predicted molar refractivity (Wildman–Crippen MR) is 40.7 cm³/mol. The molecule has 0 aromatic carbocycles. The zero-order valence-electron chi connectivity index (χ0n) is 7.10. The Morgan fingerprint density at radius 2 is 2.00 bits per heavy atom. The molecule has 1 rings (SSSR count). The van der Waals surface area contributed by atoms with E-state index in [1.807, 2.05) is 17.9 Å². The summed E-state index contributed by atoms with van der Waals surface area (Å²) in [6.07, 6.45) is 1.96. The van der Waals surface area contributed by atoms with E-state index in [-0.39, 0.29) is 5.41 Å². The lowest BCUT2D eigenvalue weighted by Gasteiger charge is -2.10. The highest BCUT2D eigenvalue weighted by atomic mass is 15.3. The third-order valence-corrected chi connectivity index (χ3v) is 1.64. The minimum atomic E-state index is 0.245. The number of aromatic amines is 1. The number of nitrogens with zero attached hydrogens (tertiary/aromatic N) is 1. The van der Waals surface area contributed by atoms with E-state index >= 15 is 0 Å². The summed E-state index contributed by atoms with van der Waals surface area (Å²) in [4.78, 5) is 0. The molecule has 10 heavy (non-hydrogen) atoms. The van der Waals surface area contributed by atoms with Crippen molar-refractivity contribution in [1.82, 2.24) is 5.10 Å². The highest BCUT2D eigenvalue weighted by Gasteiger charge is 2.23. The first-order valence-corrected chi connectivity index (χ1v) is 3.56. The van der Waals surface area contributed by atoms with Gasteiger partial charge in [0.2, 0.25) is 5.69 Å². The van der Waals surface area contributed by atoms with E-state index in [1.165, 1.54) is 5.69 Å². The lowest BCUT2D eigenvalue weighted by Crippen LogP contribution is -2.39. The number of aromatic nitrogens is 2. The molecule has 0 unspecified atom stereocenters. The zero-order chi connectivity index (χ0) is 7.78. The third-order valence-electron chi connectivity index (χ3n) is 1.64. The Hall–Kier alpha value is -0.790. The van der Waals surface area contributed by atoms with Gasteiger partial charge in [-0.15, -0.1) is 4.68 Å². The average molecular weight is 139 g/mol. The third kappa shape index (κ3) is 1.20. The van der Waals surface area contributed by atoms with Crippen LogP contribution in [0.3, 0.4) is 0 Å². The van der Waals surface area contributed by atoms with Crippen LogP contribution in [-0.4, -0.2) is 5.10 Å². The maximum atomic E-state index is 3.09. The molecule has 0 saturated carbocycles. The Balaban J connectivity index is 3.05. The van der Waals surface area contributed by atoms with Crippen LogP contribution in [0.2, 0.25) is 0 Å². The largest absolute Gasteiger partial charge is 0.212 e. The van der Waals surface area contributed by atoms with Crippen molar-refractivity contribution in [2.45, 2.75) is 26.2 Å². The monoisotopic (exact) mass is 139 g/mol. The second-order valence-corrected chi connectivity index (χ2v) is 3.66. The molecule has 0 aliphatic carbocycles. The van der Waals surface area contributed by atoms with Gasteiger partial charge in [0.05, 0.1) is 6.20 Å². The second kappa shape index (κ2) is 2.11. The zero-order valence-corrected chi connectivity index (χ0v) is 7.10. The Kier molecular flexibility index (Phi) is 1.55. The number of rotatable bonds is 0. The van der Waals surface area contributed by atoms with E-state index in [4.69, 9.17) is 0 Å². The summed E-state index contributed by atoms with van der Waals surface area (Å²) >= 11 is 0. The highest BCUT2D eigenvalue weighted by Crippen LogP contribution is 2.16. The summed E-state index contributed by atoms with van der Waals surface area (Å²) in [5.74, 6) is 0. The van der Waals surface area contributed by atoms with Crippen molar-refractivity contribution in [3.05, 3.63) is 18.0 Å². The molecular formula is C8H15N2+. The fourth-order valence-electron chi connectivity index (χ4n) is 1.16. The van der Waals surface area contributed by atoms with Crippen LogP contribution < -0.4 is 4.68 Å². The van der Waals surface area contributed by atoms with Gasteiger partial charge >= 0.3 is 0 Å². The van der Waals surface area contributed by atoms with Crippen molar-refractivity contribution in [2.24, 2.45) is 7.05 Å². The molecule has 0 aliphatic heterocycles. The Labute approximate surface area is 61.9 Å². The lowest BCUT2D eigenvalue weighted by atomic mass is 9.92. The van der Waals surface area contributed by atoms with Crippen LogP contribution in [0.25, 0.3) is 0 Å². The molecule has 1 N–H and O–H groups in total. The standard InChI is InChI=1S/C8H14N2/c1-8(2,3)7-5-6-9-10(7)4/h5-6H,1-4H3/p+1. The van der Waals surface area contributed by atoms with Gasteiger partial charge in [0.1, 0.15) is 0 Å². The van der Waals surface area contributed by atoms with Gasteiger partial charge in [-0.3, -0.25) is 0 Å². The van der Waals surface area contributed by atoms with Crippen molar-refractivity contribution in [3.63, 3.8) is 0 Å². The van der Waals surface area contributed by atoms with Gasteiger partial charge in [-0.25, -0.2) is 0 Å². The Morgan fingerprint density at radius 3 is 2.20 bits per heavy atom. The van der Waals surface area contributed by atoms with E-state index in [0.29, 0.717) is 0 Å². The predicted octanol–water partition coefficient (Wildman–Crippen LogP) is 1.14. The van der Waals surface area contributed by atoms with Crippen LogP contribution in [-0.2, 0) is 12.5 Å². The normalized spacial score (nSPS) is 12.0. The quantitative estimate of drug-likeness (QED) is 0.520. The summed E-state index contributed by atoms with van der Waals surface area (Å²) in [5.41, 5.74) is 1.57. The summed E-state index contributed by atoms with van der Waals surface area (Å²) in [5, 5.41) is 3.09. The molecule has 2 heteroatoms. The first-order chi connectivity index (χ1) is 4.52. The topological polar surface area (TPSA) is 19.7 Å². The number of aryl methyl sites for hydroxylation is 1. The molecule has 1 aromatic heterocycles. The first kappa shape index (κ1) is 7.32. The second-order valence-electron chi connectivity index (χ2n) is 3.66. The van der Waals surface area contributed by atoms with Crippen molar-refractivity contribution < 1.29 is 4.68 Å². The summed E-state index contributed by atoms with van der Waals surface area (Å²) in [7, 11) is 2.03. The average Bonchev–Trinajstić information content (AvgIpc) is 2.11. The van der Waals surface area contributed by atoms with Crippen LogP contribution in [0.4, 0.5) is 0 Å². The van der Waals surface area contributed by atoms with Crippen molar-refractivity contribution in [1.29, 1.82) is 0 Å². The molecule has 0 saturated heterocycles. The van der Waals surface area contributed by atoms with Crippen molar-refractivity contribution in [3.8, 4) is 0 Å². The minimum absolute atomic E-state index is 0.245. The SMILES string of the molecule is C[n+]1[nH]ccc1C(C)(C)C. The van der Waals surface area contributed by atoms with Gasteiger partial charge in [0.25, 0.3) is 0 Å². The molecule has 0 spiro atoms. The molecule has 0 radical (unpaired) electrons. The van der Waals surface area contributed by atoms with Gasteiger partial charge in [0.15, 0.2) is 7.05 Å². The van der Waals surface area contributed by atoms with Crippen LogP contribution in [0, 0.1) is 0 Å².